The number of hydrogen-bond donors (Lipinski definition) is 3. The number of hydrogen-bond acceptors (Lipinski definition) is 5. The fourth-order valence-electron chi connectivity index (χ4n) is 4.21. The fraction of sp³-hybridized carbons (Fsp3) is 0.385. The molecule has 1 saturated heterocycles. The Bertz CT molecular complexity index is 893. The zero-order chi connectivity index (χ0) is 23.5. The van der Waals surface area contributed by atoms with Crippen molar-refractivity contribution in [3.63, 3.8) is 0 Å². The molecule has 7 heteroatoms. The normalized spacial score (nSPS) is 15.0. The van der Waals surface area contributed by atoms with E-state index >= 15 is 0 Å². The lowest BCUT2D eigenvalue weighted by Gasteiger charge is -2.28. The molecule has 0 radical (unpaired) electrons. The molecule has 4 rings (SSSR count). The number of carboxylic acid groups (broad SMARTS) is 2. The monoisotopic (exact) mass is 451 g/mol. The zero-order valence-corrected chi connectivity index (χ0v) is 18.9. The Morgan fingerprint density at radius 1 is 0.758 bits per heavy atom. The number of nitrogens with zero attached hydrogens (tertiary/aromatic N) is 2. The van der Waals surface area contributed by atoms with Crippen LogP contribution in [-0.2, 0) is 9.59 Å². The molecule has 0 amide bonds. The molecule has 2 aromatic rings. The summed E-state index contributed by atoms with van der Waals surface area (Å²) in [5.41, 5.74) is 5.22. The molecule has 0 atom stereocenters. The van der Waals surface area contributed by atoms with Crippen LogP contribution in [-0.4, -0.2) is 66.3 Å². The van der Waals surface area contributed by atoms with E-state index in [1.54, 1.807) is 0 Å². The molecule has 1 fully saturated rings. The van der Waals surface area contributed by atoms with Crippen molar-refractivity contribution in [1.29, 1.82) is 0 Å². The number of benzene rings is 2. The third-order valence-corrected chi connectivity index (χ3v) is 5.87. The smallest absolute Gasteiger partial charge is 0.414 e. The molecular weight excluding hydrogens is 418 g/mol. The van der Waals surface area contributed by atoms with Gasteiger partial charge in [0.25, 0.3) is 0 Å². The van der Waals surface area contributed by atoms with Gasteiger partial charge in [-0.05, 0) is 62.2 Å². The maximum absolute atomic E-state index is 9.10. The van der Waals surface area contributed by atoms with Crippen LogP contribution in [0.2, 0.25) is 0 Å². The van der Waals surface area contributed by atoms with E-state index in [0.29, 0.717) is 0 Å². The van der Waals surface area contributed by atoms with Crippen molar-refractivity contribution in [2.45, 2.75) is 25.7 Å². The summed E-state index contributed by atoms with van der Waals surface area (Å²) in [5, 5.41) is 18.4. The lowest BCUT2D eigenvalue weighted by atomic mass is 10.1. The van der Waals surface area contributed by atoms with Crippen LogP contribution < -0.4 is 10.2 Å². The molecule has 0 spiro atoms. The Balaban J connectivity index is 0.000000454. The molecule has 0 unspecified atom stereocenters. The molecule has 0 saturated carbocycles. The summed E-state index contributed by atoms with van der Waals surface area (Å²) in [5.74, 6) is -3.65. The summed E-state index contributed by atoms with van der Waals surface area (Å²) < 4.78 is 0. The number of rotatable bonds is 7. The number of carboxylic acids is 2. The van der Waals surface area contributed by atoms with E-state index in [-0.39, 0.29) is 0 Å². The van der Waals surface area contributed by atoms with E-state index in [1.807, 2.05) is 0 Å². The van der Waals surface area contributed by atoms with Gasteiger partial charge >= 0.3 is 11.9 Å². The SMILES string of the molecule is C1=Cc2ccccc2N(CCCNCCN2CCCCC2)c2ccccc21.O=C(O)C(=O)O. The predicted molar refractivity (Wildman–Crippen MR) is 132 cm³/mol. The molecule has 0 aromatic heterocycles. The fourth-order valence-corrected chi connectivity index (χ4v) is 4.21. The highest BCUT2D eigenvalue weighted by molar-refractivity contribution is 6.27. The van der Waals surface area contributed by atoms with Gasteiger partial charge in [-0.3, -0.25) is 0 Å². The van der Waals surface area contributed by atoms with Crippen LogP contribution in [0.1, 0.15) is 36.8 Å². The molecule has 2 aliphatic rings. The number of anilines is 2. The third kappa shape index (κ3) is 7.44. The Hall–Kier alpha value is -3.16. The Kier molecular flexibility index (Phi) is 9.47. The molecule has 2 aliphatic heterocycles. The lowest BCUT2D eigenvalue weighted by molar-refractivity contribution is -0.159. The summed E-state index contributed by atoms with van der Waals surface area (Å²) in [6.07, 6.45) is 9.79. The average molecular weight is 452 g/mol. The number of aliphatic carboxylic acids is 2. The van der Waals surface area contributed by atoms with Gasteiger partial charge < -0.3 is 25.3 Å². The molecule has 0 aliphatic carbocycles. The Morgan fingerprint density at radius 3 is 1.85 bits per heavy atom. The summed E-state index contributed by atoms with van der Waals surface area (Å²) in [6.45, 7) is 6.98. The van der Waals surface area contributed by atoms with Crippen LogP contribution >= 0.6 is 0 Å². The first-order valence-corrected chi connectivity index (χ1v) is 11.6. The highest BCUT2D eigenvalue weighted by Crippen LogP contribution is 2.35. The molecule has 7 nitrogen and oxygen atoms in total. The van der Waals surface area contributed by atoms with E-state index < -0.39 is 11.9 Å². The van der Waals surface area contributed by atoms with Crippen molar-refractivity contribution in [2.24, 2.45) is 0 Å². The first kappa shape index (κ1) is 24.5. The summed E-state index contributed by atoms with van der Waals surface area (Å²) in [6, 6.07) is 17.4. The molecule has 3 N–H and O–H groups in total. The van der Waals surface area contributed by atoms with E-state index in [1.165, 1.54) is 61.4 Å². The maximum Gasteiger partial charge on any atom is 0.414 e. The first-order valence-electron chi connectivity index (χ1n) is 11.6. The minimum atomic E-state index is -1.82. The van der Waals surface area contributed by atoms with E-state index in [9.17, 15) is 0 Å². The summed E-state index contributed by atoms with van der Waals surface area (Å²) >= 11 is 0. The van der Waals surface area contributed by atoms with Gasteiger partial charge in [0.15, 0.2) is 0 Å². The maximum atomic E-state index is 9.10. The second-order valence-corrected chi connectivity index (χ2v) is 8.22. The number of likely N-dealkylation sites (tertiary alicyclic amines) is 1. The van der Waals surface area contributed by atoms with Crippen molar-refractivity contribution in [1.82, 2.24) is 10.2 Å². The molecular formula is C26H33N3O4. The number of piperidine rings is 1. The van der Waals surface area contributed by atoms with Crippen LogP contribution in [0.25, 0.3) is 12.2 Å². The summed E-state index contributed by atoms with van der Waals surface area (Å²) in [4.78, 5) is 23.3. The standard InChI is InChI=1S/C24H31N3.C2H2O4/c1-6-17-26(18-7-1)20-16-25-15-8-19-27-23-11-4-2-9-21(23)13-14-22-10-3-5-12-24(22)27;3-1(4)2(5)6/h2-5,9-14,25H,1,6-8,15-20H2;(H,3,4)(H,5,6). The number of fused-ring (bicyclic) bond motifs is 2. The average Bonchev–Trinajstić information content (AvgIpc) is 2.99. The topological polar surface area (TPSA) is 93.1 Å². The second-order valence-electron chi connectivity index (χ2n) is 8.22. The van der Waals surface area contributed by atoms with Crippen LogP contribution in [0.5, 0.6) is 0 Å². The molecule has 176 valence electrons. The largest absolute Gasteiger partial charge is 0.473 e. The van der Waals surface area contributed by atoms with Gasteiger partial charge in [0.1, 0.15) is 0 Å². The summed E-state index contributed by atoms with van der Waals surface area (Å²) in [7, 11) is 0. The second kappa shape index (κ2) is 12.8. The van der Waals surface area contributed by atoms with Crippen molar-refractivity contribution in [3.8, 4) is 0 Å². The molecule has 33 heavy (non-hydrogen) atoms. The zero-order valence-electron chi connectivity index (χ0n) is 18.9. The van der Waals surface area contributed by atoms with Crippen molar-refractivity contribution in [3.05, 3.63) is 59.7 Å². The number of carbonyl (C=O) groups is 2. The van der Waals surface area contributed by atoms with Gasteiger partial charge in [0, 0.05) is 31.0 Å². The van der Waals surface area contributed by atoms with Gasteiger partial charge in [-0.2, -0.15) is 0 Å². The third-order valence-electron chi connectivity index (χ3n) is 5.87. The minimum absolute atomic E-state index is 1.03. The molecule has 2 heterocycles. The van der Waals surface area contributed by atoms with Gasteiger partial charge in [-0.1, -0.05) is 55.0 Å². The van der Waals surface area contributed by atoms with Gasteiger partial charge in [-0.25, -0.2) is 9.59 Å². The molecule has 2 aromatic carbocycles. The number of nitrogens with one attached hydrogen (secondary N) is 1. The van der Waals surface area contributed by atoms with Crippen molar-refractivity contribution < 1.29 is 19.8 Å². The van der Waals surface area contributed by atoms with Crippen LogP contribution in [0.4, 0.5) is 11.4 Å². The predicted octanol–water partition coefficient (Wildman–Crippen LogP) is 3.93. The van der Waals surface area contributed by atoms with E-state index in [2.05, 4.69) is 75.8 Å². The number of para-hydroxylation sites is 2. The van der Waals surface area contributed by atoms with E-state index in [4.69, 9.17) is 19.8 Å². The van der Waals surface area contributed by atoms with Gasteiger partial charge in [-0.15, -0.1) is 0 Å². The highest BCUT2D eigenvalue weighted by atomic mass is 16.4. The van der Waals surface area contributed by atoms with Crippen LogP contribution in [0, 0.1) is 0 Å². The minimum Gasteiger partial charge on any atom is -0.473 e. The van der Waals surface area contributed by atoms with Crippen molar-refractivity contribution >= 4 is 35.5 Å². The Morgan fingerprint density at radius 2 is 1.30 bits per heavy atom. The van der Waals surface area contributed by atoms with Crippen LogP contribution in [0.3, 0.4) is 0 Å². The quantitative estimate of drug-likeness (QED) is 0.434. The van der Waals surface area contributed by atoms with Crippen molar-refractivity contribution in [2.75, 3.05) is 44.2 Å². The lowest BCUT2D eigenvalue weighted by Crippen LogP contribution is -2.36. The molecule has 0 bridgehead atoms. The highest BCUT2D eigenvalue weighted by Gasteiger charge is 2.17. The first-order chi connectivity index (χ1) is 16.1. The Labute approximate surface area is 195 Å². The van der Waals surface area contributed by atoms with Crippen LogP contribution in [0.15, 0.2) is 48.5 Å². The van der Waals surface area contributed by atoms with Gasteiger partial charge in [0.05, 0.1) is 0 Å². The van der Waals surface area contributed by atoms with Gasteiger partial charge in [0.2, 0.25) is 0 Å². The van der Waals surface area contributed by atoms with E-state index in [0.717, 1.165) is 26.1 Å².